The summed E-state index contributed by atoms with van der Waals surface area (Å²) in [5.41, 5.74) is 1.14. The van der Waals surface area contributed by atoms with Crippen LogP contribution in [0.25, 0.3) is 0 Å². The second-order valence-electron chi connectivity index (χ2n) is 4.04. The van der Waals surface area contributed by atoms with Crippen LogP contribution >= 0.6 is 12.4 Å². The van der Waals surface area contributed by atoms with Gasteiger partial charge in [-0.05, 0) is 24.6 Å². The Bertz CT molecular complexity index is 345. The third-order valence-electron chi connectivity index (χ3n) is 3.05. The molecule has 1 heterocycles. The summed E-state index contributed by atoms with van der Waals surface area (Å²) in [4.78, 5) is 0. The molecule has 0 spiro atoms. The molecule has 0 radical (unpaired) electrons. The second kappa shape index (κ2) is 6.21. The van der Waals surface area contributed by atoms with Crippen LogP contribution in [-0.2, 0) is 4.74 Å². The number of nitrogens with two attached hydrogens (primary N) is 1. The van der Waals surface area contributed by atoms with Gasteiger partial charge in [0, 0.05) is 6.54 Å². The minimum absolute atomic E-state index is 0. The molecule has 2 atom stereocenters. The average Bonchev–Trinajstić information content (AvgIpc) is 2.33. The minimum atomic E-state index is 0. The molecule has 0 saturated carbocycles. The molecule has 0 aliphatic carbocycles. The zero-order valence-electron chi connectivity index (χ0n) is 10.1. The van der Waals surface area contributed by atoms with Crippen LogP contribution < -0.4 is 10.6 Å². The van der Waals surface area contributed by atoms with E-state index < -0.39 is 0 Å². The summed E-state index contributed by atoms with van der Waals surface area (Å²) >= 11 is 0. The molecule has 2 rings (SSSR count). The minimum Gasteiger partial charge on any atom is -0.497 e. The van der Waals surface area contributed by atoms with E-state index in [0.717, 1.165) is 17.9 Å². The van der Waals surface area contributed by atoms with Crippen LogP contribution in [0.3, 0.4) is 0 Å². The van der Waals surface area contributed by atoms with E-state index in [1.165, 1.54) is 0 Å². The van der Waals surface area contributed by atoms with Gasteiger partial charge in [-0.1, -0.05) is 12.1 Å². The van der Waals surface area contributed by atoms with Crippen molar-refractivity contribution in [1.82, 2.24) is 5.01 Å². The third kappa shape index (κ3) is 3.10. The summed E-state index contributed by atoms with van der Waals surface area (Å²) in [5, 5.41) is 1.83. The maximum absolute atomic E-state index is 5.89. The van der Waals surface area contributed by atoms with Crippen molar-refractivity contribution in [3.05, 3.63) is 29.8 Å². The fourth-order valence-corrected chi connectivity index (χ4v) is 1.97. The van der Waals surface area contributed by atoms with Gasteiger partial charge in [0.25, 0.3) is 0 Å². The molecule has 1 aliphatic heterocycles. The smallest absolute Gasteiger partial charge is 0.118 e. The molecular weight excluding hydrogens is 240 g/mol. The topological polar surface area (TPSA) is 47.7 Å². The van der Waals surface area contributed by atoms with Gasteiger partial charge in [0.15, 0.2) is 0 Å². The number of hydrogen-bond donors (Lipinski definition) is 1. The molecule has 1 aromatic rings. The molecule has 17 heavy (non-hydrogen) atoms. The van der Waals surface area contributed by atoms with Gasteiger partial charge in [-0.2, -0.15) is 0 Å². The fourth-order valence-electron chi connectivity index (χ4n) is 1.97. The second-order valence-corrected chi connectivity index (χ2v) is 4.04. The Morgan fingerprint density at radius 2 is 2.00 bits per heavy atom. The number of hydrogen-bond acceptors (Lipinski definition) is 4. The van der Waals surface area contributed by atoms with E-state index in [1.54, 1.807) is 7.11 Å². The lowest BCUT2D eigenvalue weighted by Gasteiger charge is -2.36. The zero-order chi connectivity index (χ0) is 11.5. The van der Waals surface area contributed by atoms with Crippen LogP contribution in [-0.4, -0.2) is 31.3 Å². The van der Waals surface area contributed by atoms with Crippen LogP contribution in [0.2, 0.25) is 0 Å². The highest BCUT2D eigenvalue weighted by molar-refractivity contribution is 5.85. The SMILES string of the molecule is COc1ccc(C2OCCN(N)C2C)cc1.Cl. The quantitative estimate of drug-likeness (QED) is 0.821. The van der Waals surface area contributed by atoms with Crippen LogP contribution in [0.5, 0.6) is 5.75 Å². The summed E-state index contributed by atoms with van der Waals surface area (Å²) in [6.07, 6.45) is 0.0460. The number of rotatable bonds is 2. The Kier molecular flexibility index (Phi) is 5.21. The maximum atomic E-state index is 5.89. The normalized spacial score (nSPS) is 25.1. The average molecular weight is 259 g/mol. The predicted octanol–water partition coefficient (Wildman–Crippen LogP) is 1.75. The van der Waals surface area contributed by atoms with Crippen LogP contribution in [0.15, 0.2) is 24.3 Å². The molecule has 0 amide bonds. The first kappa shape index (κ1) is 14.3. The third-order valence-corrected chi connectivity index (χ3v) is 3.05. The van der Waals surface area contributed by atoms with Gasteiger partial charge in [-0.15, -0.1) is 12.4 Å². The number of ether oxygens (including phenoxy) is 2. The summed E-state index contributed by atoms with van der Waals surface area (Å²) in [6.45, 7) is 3.54. The number of halogens is 1. The van der Waals surface area contributed by atoms with Gasteiger partial charge in [0.1, 0.15) is 5.75 Å². The Morgan fingerprint density at radius 3 is 2.59 bits per heavy atom. The van der Waals surface area contributed by atoms with E-state index in [0.29, 0.717) is 6.61 Å². The van der Waals surface area contributed by atoms with E-state index >= 15 is 0 Å². The number of hydrazine groups is 1. The standard InChI is InChI=1S/C12H18N2O2.ClH/c1-9-12(16-8-7-14(9)13)10-3-5-11(15-2)6-4-10;/h3-6,9,12H,7-8,13H2,1-2H3;1H. The molecule has 2 unspecified atom stereocenters. The van der Waals surface area contributed by atoms with Gasteiger partial charge in [-0.25, -0.2) is 5.01 Å². The lowest BCUT2D eigenvalue weighted by molar-refractivity contribution is -0.0676. The van der Waals surface area contributed by atoms with Gasteiger partial charge in [0.05, 0.1) is 25.9 Å². The van der Waals surface area contributed by atoms with Crippen molar-refractivity contribution in [2.45, 2.75) is 19.1 Å². The van der Waals surface area contributed by atoms with Crippen molar-refractivity contribution >= 4 is 12.4 Å². The zero-order valence-corrected chi connectivity index (χ0v) is 10.9. The first-order chi connectivity index (χ1) is 7.72. The van der Waals surface area contributed by atoms with Crippen molar-refractivity contribution in [3.63, 3.8) is 0 Å². The summed E-state index contributed by atoms with van der Waals surface area (Å²) in [6, 6.07) is 8.14. The van der Waals surface area contributed by atoms with E-state index in [4.69, 9.17) is 15.3 Å². The molecular formula is C12H19ClN2O2. The van der Waals surface area contributed by atoms with Gasteiger partial charge < -0.3 is 9.47 Å². The molecule has 4 nitrogen and oxygen atoms in total. The van der Waals surface area contributed by atoms with Gasteiger partial charge in [0.2, 0.25) is 0 Å². The highest BCUT2D eigenvalue weighted by Crippen LogP contribution is 2.27. The van der Waals surface area contributed by atoms with Crippen molar-refractivity contribution < 1.29 is 9.47 Å². The van der Waals surface area contributed by atoms with Gasteiger partial charge >= 0.3 is 0 Å². The molecule has 1 aromatic carbocycles. The fraction of sp³-hybridized carbons (Fsp3) is 0.500. The molecule has 1 saturated heterocycles. The molecule has 5 heteroatoms. The van der Waals surface area contributed by atoms with E-state index in [1.807, 2.05) is 29.3 Å². The first-order valence-electron chi connectivity index (χ1n) is 5.49. The Morgan fingerprint density at radius 1 is 1.35 bits per heavy atom. The largest absolute Gasteiger partial charge is 0.497 e. The maximum Gasteiger partial charge on any atom is 0.118 e. The van der Waals surface area contributed by atoms with Crippen molar-refractivity contribution in [3.8, 4) is 5.75 Å². The van der Waals surface area contributed by atoms with Crippen LogP contribution in [0.1, 0.15) is 18.6 Å². The van der Waals surface area contributed by atoms with Crippen molar-refractivity contribution in [2.75, 3.05) is 20.3 Å². The molecule has 1 fully saturated rings. The lowest BCUT2D eigenvalue weighted by atomic mass is 10.0. The Balaban J connectivity index is 0.00000144. The van der Waals surface area contributed by atoms with Crippen molar-refractivity contribution in [2.24, 2.45) is 5.84 Å². The first-order valence-corrected chi connectivity index (χ1v) is 5.49. The van der Waals surface area contributed by atoms with Crippen molar-refractivity contribution in [1.29, 1.82) is 0 Å². The summed E-state index contributed by atoms with van der Waals surface area (Å²) < 4.78 is 10.9. The molecule has 1 aliphatic rings. The Labute approximate surface area is 108 Å². The number of nitrogens with zero attached hydrogens (tertiary/aromatic N) is 1. The lowest BCUT2D eigenvalue weighted by Crippen LogP contribution is -2.49. The Hall–Kier alpha value is -0.810. The molecule has 2 N–H and O–H groups in total. The van der Waals surface area contributed by atoms with E-state index in [2.05, 4.69) is 6.92 Å². The molecule has 0 aromatic heterocycles. The highest BCUT2D eigenvalue weighted by atomic mass is 35.5. The van der Waals surface area contributed by atoms with Gasteiger partial charge in [-0.3, -0.25) is 5.84 Å². The number of morpholine rings is 1. The summed E-state index contributed by atoms with van der Waals surface area (Å²) in [5.74, 6) is 6.75. The molecule has 96 valence electrons. The highest BCUT2D eigenvalue weighted by Gasteiger charge is 2.27. The number of benzene rings is 1. The van der Waals surface area contributed by atoms with E-state index in [9.17, 15) is 0 Å². The van der Waals surface area contributed by atoms with Crippen LogP contribution in [0, 0.1) is 0 Å². The molecule has 0 bridgehead atoms. The number of methoxy groups -OCH3 is 1. The summed E-state index contributed by atoms with van der Waals surface area (Å²) in [7, 11) is 1.66. The van der Waals surface area contributed by atoms with E-state index in [-0.39, 0.29) is 24.6 Å². The monoisotopic (exact) mass is 258 g/mol. The predicted molar refractivity (Wildman–Crippen MR) is 69.3 cm³/mol. The van der Waals surface area contributed by atoms with Crippen LogP contribution in [0.4, 0.5) is 0 Å².